The molecule has 28 heavy (non-hydrogen) atoms. The summed E-state index contributed by atoms with van der Waals surface area (Å²) >= 11 is 13.0. The molecule has 152 valence electrons. The molecule has 1 aromatic carbocycles. The molecule has 1 aliphatic heterocycles. The van der Waals surface area contributed by atoms with Crippen LogP contribution in [-0.4, -0.2) is 44.9 Å². The molecule has 1 heterocycles. The normalized spacial score (nSPS) is 15.7. The average molecular weight is 425 g/mol. The number of hydrogen-bond acceptors (Lipinski definition) is 5. The van der Waals surface area contributed by atoms with Crippen molar-refractivity contribution in [1.82, 2.24) is 10.6 Å². The first-order valence-corrected chi connectivity index (χ1v) is 9.70. The summed E-state index contributed by atoms with van der Waals surface area (Å²) in [5.41, 5.74) is 1.86. The van der Waals surface area contributed by atoms with Gasteiger partial charge in [-0.15, -0.1) is 0 Å². The molecule has 0 saturated heterocycles. The van der Waals surface area contributed by atoms with Gasteiger partial charge in [0.15, 0.2) is 5.84 Å². The molecule has 0 atom stereocenters. The molecule has 1 aliphatic rings. The van der Waals surface area contributed by atoms with Crippen molar-refractivity contribution in [3.63, 3.8) is 0 Å². The van der Waals surface area contributed by atoms with E-state index in [4.69, 9.17) is 38.1 Å². The predicted octanol–water partition coefficient (Wildman–Crippen LogP) is 4.32. The first kappa shape index (κ1) is 22.3. The summed E-state index contributed by atoms with van der Waals surface area (Å²) in [7, 11) is 3.04. The second-order valence-electron chi connectivity index (χ2n) is 6.56. The van der Waals surface area contributed by atoms with Gasteiger partial charge in [-0.3, -0.25) is 10.4 Å². The Balaban J connectivity index is 2.33. The van der Waals surface area contributed by atoms with Gasteiger partial charge < -0.3 is 20.1 Å². The number of methoxy groups -OCH3 is 2. The molecule has 2 rings (SSSR count). The number of nitrogens with one attached hydrogen (secondary N) is 3. The third kappa shape index (κ3) is 5.07. The van der Waals surface area contributed by atoms with E-state index in [1.54, 1.807) is 12.1 Å². The first-order valence-electron chi connectivity index (χ1n) is 8.95. The minimum Gasteiger partial charge on any atom is -0.495 e. The van der Waals surface area contributed by atoms with Crippen molar-refractivity contribution in [1.29, 1.82) is 5.41 Å². The van der Waals surface area contributed by atoms with Crippen molar-refractivity contribution >= 4 is 40.4 Å². The Kier molecular flexibility index (Phi) is 7.92. The van der Waals surface area contributed by atoms with Gasteiger partial charge in [0.25, 0.3) is 0 Å². The smallest absolute Gasteiger partial charge is 0.151 e. The zero-order chi connectivity index (χ0) is 20.8. The summed E-state index contributed by atoms with van der Waals surface area (Å²) in [6.45, 7) is 9.58. The Morgan fingerprint density at radius 3 is 2.36 bits per heavy atom. The molecule has 0 amide bonds. The fourth-order valence-electron chi connectivity index (χ4n) is 2.66. The Morgan fingerprint density at radius 1 is 1.21 bits per heavy atom. The van der Waals surface area contributed by atoms with Gasteiger partial charge in [0, 0.05) is 24.2 Å². The zero-order valence-electron chi connectivity index (χ0n) is 16.6. The minimum absolute atomic E-state index is 0.239. The van der Waals surface area contributed by atoms with Crippen LogP contribution in [-0.2, 0) is 0 Å². The number of amidine groups is 1. The number of ether oxygens (including phenoxy) is 2. The van der Waals surface area contributed by atoms with E-state index >= 15 is 0 Å². The van der Waals surface area contributed by atoms with Crippen molar-refractivity contribution in [2.24, 2.45) is 4.99 Å². The highest BCUT2D eigenvalue weighted by molar-refractivity contribution is 6.50. The molecular weight excluding hydrogens is 399 g/mol. The molecule has 3 N–H and O–H groups in total. The maximum atomic E-state index is 8.25. The van der Waals surface area contributed by atoms with E-state index in [0.29, 0.717) is 56.8 Å². The summed E-state index contributed by atoms with van der Waals surface area (Å²) in [6.07, 6.45) is 2.57. The molecule has 8 heteroatoms. The summed E-state index contributed by atoms with van der Waals surface area (Å²) in [6, 6.07) is 2.06. The lowest BCUT2D eigenvalue weighted by Crippen LogP contribution is -2.35. The molecule has 0 unspecified atom stereocenters. The predicted molar refractivity (Wildman–Crippen MR) is 118 cm³/mol. The highest BCUT2D eigenvalue weighted by Gasteiger charge is 2.25. The van der Waals surface area contributed by atoms with E-state index < -0.39 is 0 Å². The van der Waals surface area contributed by atoms with Crippen molar-refractivity contribution in [2.45, 2.75) is 26.3 Å². The second kappa shape index (κ2) is 9.96. The largest absolute Gasteiger partial charge is 0.495 e. The summed E-state index contributed by atoms with van der Waals surface area (Å²) in [5.74, 6) is 1.30. The number of rotatable bonds is 8. The molecular formula is C20H26Cl2N4O2. The van der Waals surface area contributed by atoms with E-state index in [2.05, 4.69) is 36.1 Å². The van der Waals surface area contributed by atoms with Crippen LogP contribution < -0.4 is 20.1 Å². The van der Waals surface area contributed by atoms with Gasteiger partial charge in [-0.25, -0.2) is 0 Å². The number of nitrogens with zero attached hydrogens (tertiary/aromatic N) is 1. The van der Waals surface area contributed by atoms with Crippen LogP contribution in [0.3, 0.4) is 0 Å². The molecule has 0 aliphatic carbocycles. The number of benzene rings is 1. The van der Waals surface area contributed by atoms with Gasteiger partial charge in [-0.05, 0) is 24.6 Å². The van der Waals surface area contributed by atoms with Crippen molar-refractivity contribution in [3.8, 4) is 11.5 Å². The van der Waals surface area contributed by atoms with E-state index in [-0.39, 0.29) is 5.71 Å². The zero-order valence-corrected chi connectivity index (χ0v) is 18.1. The van der Waals surface area contributed by atoms with Crippen LogP contribution in [0.4, 0.5) is 0 Å². The third-order valence-electron chi connectivity index (χ3n) is 4.13. The fourth-order valence-corrected chi connectivity index (χ4v) is 3.36. The lowest BCUT2D eigenvalue weighted by Gasteiger charge is -2.23. The summed E-state index contributed by atoms with van der Waals surface area (Å²) in [5, 5.41) is 15.4. The monoisotopic (exact) mass is 424 g/mol. The minimum atomic E-state index is 0.239. The van der Waals surface area contributed by atoms with Crippen LogP contribution in [0, 0.1) is 5.41 Å². The lowest BCUT2D eigenvalue weighted by molar-refractivity contribution is 0.394. The van der Waals surface area contributed by atoms with Gasteiger partial charge >= 0.3 is 0 Å². The lowest BCUT2D eigenvalue weighted by atomic mass is 10.0. The highest BCUT2D eigenvalue weighted by Crippen LogP contribution is 2.43. The molecule has 0 bridgehead atoms. The molecule has 1 aromatic rings. The second-order valence-corrected chi connectivity index (χ2v) is 7.32. The quantitative estimate of drug-likeness (QED) is 0.542. The third-order valence-corrected chi connectivity index (χ3v) is 4.88. The molecule has 0 fully saturated rings. The van der Waals surface area contributed by atoms with Gasteiger partial charge in [0.1, 0.15) is 17.2 Å². The van der Waals surface area contributed by atoms with E-state index in [1.807, 2.05) is 0 Å². The van der Waals surface area contributed by atoms with Crippen molar-refractivity contribution < 1.29 is 9.47 Å². The number of halogens is 2. The molecule has 6 nitrogen and oxygen atoms in total. The van der Waals surface area contributed by atoms with Crippen LogP contribution in [0.5, 0.6) is 11.5 Å². The Hall–Kier alpha value is -2.02. The number of allylic oxidation sites excluding steroid dienone is 1. The van der Waals surface area contributed by atoms with Crippen LogP contribution >= 0.6 is 23.2 Å². The molecule has 0 aromatic heterocycles. The van der Waals surface area contributed by atoms with Crippen molar-refractivity contribution in [3.05, 3.63) is 39.9 Å². The van der Waals surface area contributed by atoms with Gasteiger partial charge in [-0.2, -0.15) is 0 Å². The van der Waals surface area contributed by atoms with Gasteiger partial charge in [0.05, 0.1) is 30.0 Å². The summed E-state index contributed by atoms with van der Waals surface area (Å²) in [4.78, 5) is 4.52. The van der Waals surface area contributed by atoms with Crippen LogP contribution in [0.15, 0.2) is 29.3 Å². The Bertz CT molecular complexity index is 804. The number of hydrogen-bond donors (Lipinski definition) is 3. The molecule has 0 saturated carbocycles. The Labute approximate surface area is 176 Å². The fraction of sp³-hybridized carbons (Fsp3) is 0.400. The number of aliphatic imine (C=N–C) groups is 1. The van der Waals surface area contributed by atoms with E-state index in [9.17, 15) is 0 Å². The van der Waals surface area contributed by atoms with Gasteiger partial charge in [0.2, 0.25) is 0 Å². The first-order chi connectivity index (χ1) is 13.3. The average Bonchev–Trinajstić information content (AvgIpc) is 2.65. The summed E-state index contributed by atoms with van der Waals surface area (Å²) < 4.78 is 10.7. The standard InChI is InChI=1S/C20H26Cl2N4O2/c1-11(2)24-7-6-8-25-20-19(23)12(3)9-13(26-20)16-17(21)14(27-4)10-15(28-5)18(16)22/h9-11,23-24H,3,6-8H2,1-2,4-5H3,(H,25,26). The topological polar surface area (TPSA) is 78.7 Å². The molecule has 0 radical (unpaired) electrons. The van der Waals surface area contributed by atoms with Crippen LogP contribution in [0.25, 0.3) is 5.70 Å². The Morgan fingerprint density at radius 2 is 1.82 bits per heavy atom. The maximum absolute atomic E-state index is 8.25. The SMILES string of the molecule is C=C1C=C(c2c(Cl)c(OC)cc(OC)c2Cl)NC(=NCCCNC(C)C)C1=N. The van der Waals surface area contributed by atoms with Crippen LogP contribution in [0.2, 0.25) is 10.0 Å². The van der Waals surface area contributed by atoms with Crippen LogP contribution in [0.1, 0.15) is 25.8 Å². The van der Waals surface area contributed by atoms with E-state index in [1.165, 1.54) is 14.2 Å². The van der Waals surface area contributed by atoms with Gasteiger partial charge in [-0.1, -0.05) is 43.6 Å². The highest BCUT2D eigenvalue weighted by atomic mass is 35.5. The molecule has 0 spiro atoms. The van der Waals surface area contributed by atoms with E-state index in [0.717, 1.165) is 13.0 Å². The van der Waals surface area contributed by atoms with Crippen molar-refractivity contribution in [2.75, 3.05) is 27.3 Å². The maximum Gasteiger partial charge on any atom is 0.151 e.